The normalized spacial score (nSPS) is 14.7. The van der Waals surface area contributed by atoms with Crippen molar-refractivity contribution in [1.29, 1.82) is 0 Å². The van der Waals surface area contributed by atoms with E-state index in [4.69, 9.17) is 47.7 Å². The third kappa shape index (κ3) is 53.2. The minimum absolute atomic E-state index is 0.0000341. The van der Waals surface area contributed by atoms with Gasteiger partial charge in [0, 0.05) is 40.3 Å². The van der Waals surface area contributed by atoms with Crippen LogP contribution in [0.3, 0.4) is 0 Å². The van der Waals surface area contributed by atoms with Crippen LogP contribution in [0.2, 0.25) is 0 Å². The number of esters is 1. The fourth-order valence-electron chi connectivity index (χ4n) is 4.65. The van der Waals surface area contributed by atoms with Crippen LogP contribution in [-0.4, -0.2) is 168 Å². The molecule has 0 saturated carbocycles. The highest BCUT2D eigenvalue weighted by Crippen LogP contribution is 2.19. The molecule has 0 aliphatic carbocycles. The van der Waals surface area contributed by atoms with Gasteiger partial charge in [0.25, 0.3) is 0 Å². The van der Waals surface area contributed by atoms with E-state index < -0.39 is 5.97 Å². The molecule has 3 atom stereocenters. The number of hydrogen-bond acceptors (Lipinski definition) is 14. The number of unbranched alkanes of at least 4 members (excludes halogenated alkanes) is 2. The first kappa shape index (κ1) is 62.5. The molecule has 1 rings (SSSR count). The van der Waals surface area contributed by atoms with Crippen molar-refractivity contribution in [2.24, 2.45) is 0 Å². The fraction of sp³-hybridized carbons (Fsp3) is 0.769. The molecule has 0 aromatic rings. The van der Waals surface area contributed by atoms with Gasteiger partial charge in [0.15, 0.2) is 0 Å². The second kappa shape index (κ2) is 55.2. The highest BCUT2D eigenvalue weighted by molar-refractivity contribution is 7.20. The van der Waals surface area contributed by atoms with Gasteiger partial charge in [0.05, 0.1) is 124 Å². The molecule has 3 unspecified atom stereocenters. The van der Waals surface area contributed by atoms with Crippen molar-refractivity contribution in [3.63, 3.8) is 0 Å². The Bertz CT molecular complexity index is 1030. The summed E-state index contributed by atoms with van der Waals surface area (Å²) in [6, 6.07) is -0.152. The smallest absolute Gasteiger partial charge is 0.314 e. The quantitative estimate of drug-likeness (QED) is 0.0230. The Kier molecular flexibility index (Phi) is 56.5. The molecule has 360 valence electrons. The van der Waals surface area contributed by atoms with Gasteiger partial charge in [-0.25, -0.2) is 22.4 Å². The van der Waals surface area contributed by atoms with E-state index in [9.17, 15) is 31.9 Å². The molecule has 0 aromatic carbocycles. The van der Waals surface area contributed by atoms with Gasteiger partial charge in [-0.15, -0.1) is 9.24 Å². The predicted molar refractivity (Wildman–Crippen MR) is 223 cm³/mol. The monoisotopic (exact) mass is 913 g/mol. The van der Waals surface area contributed by atoms with Crippen LogP contribution in [0, 0.1) is 0 Å². The Morgan fingerprint density at radius 3 is 1.51 bits per heavy atom. The topological polar surface area (TPSA) is 200 Å². The van der Waals surface area contributed by atoms with E-state index in [-0.39, 0.29) is 56.1 Å². The number of amides is 3. The van der Waals surface area contributed by atoms with Gasteiger partial charge in [-0.1, -0.05) is 12.8 Å². The molecule has 1 saturated heterocycles. The Hall–Kier alpha value is -2.82. The van der Waals surface area contributed by atoms with E-state index >= 15 is 0 Å². The summed E-state index contributed by atoms with van der Waals surface area (Å²) in [5, 5.41) is 15.5. The summed E-state index contributed by atoms with van der Waals surface area (Å²) in [7, 11) is 3.10. The largest absolute Gasteiger partial charge is 0.432 e. The van der Waals surface area contributed by atoms with E-state index in [2.05, 4.69) is 29.9 Å². The molecule has 0 radical (unpaired) electrons. The van der Waals surface area contributed by atoms with Crippen molar-refractivity contribution in [2.75, 3.05) is 133 Å². The number of aliphatic hydroxyl groups excluding tert-OH is 1. The molecule has 0 aromatic heterocycles. The van der Waals surface area contributed by atoms with Crippen molar-refractivity contribution in [1.82, 2.24) is 16.0 Å². The lowest BCUT2D eigenvalue weighted by Crippen LogP contribution is -2.46. The minimum Gasteiger partial charge on any atom is -0.432 e. The summed E-state index contributed by atoms with van der Waals surface area (Å²) < 4.78 is 96.2. The average molecular weight is 914 g/mol. The summed E-state index contributed by atoms with van der Waals surface area (Å²) in [4.78, 5) is 34.3. The van der Waals surface area contributed by atoms with E-state index in [0.29, 0.717) is 125 Å². The van der Waals surface area contributed by atoms with Crippen LogP contribution >= 0.6 is 9.24 Å². The first-order valence-electron chi connectivity index (χ1n) is 20.1. The Morgan fingerprint density at radius 2 is 1.08 bits per heavy atom. The van der Waals surface area contributed by atoms with Crippen molar-refractivity contribution < 1.29 is 84.4 Å². The fourth-order valence-corrected chi connectivity index (χ4v) is 4.65. The molecule has 61 heavy (non-hydrogen) atoms. The lowest BCUT2D eigenvalue weighted by molar-refractivity contribution is -0.139. The maximum atomic E-state index is 11.8. The molecule has 1 aliphatic heterocycles. The van der Waals surface area contributed by atoms with Crippen LogP contribution in [0.5, 0.6) is 0 Å². The molecule has 22 heteroatoms. The van der Waals surface area contributed by atoms with Gasteiger partial charge in [0.2, 0.25) is 5.91 Å². The second-order valence-electron chi connectivity index (χ2n) is 11.9. The lowest BCUT2D eigenvalue weighted by Gasteiger charge is -2.32. The number of carbonyl (C=O) groups is 3. The zero-order chi connectivity index (χ0) is 45.7. The third-order valence-corrected chi connectivity index (χ3v) is 7.37. The van der Waals surface area contributed by atoms with Crippen molar-refractivity contribution in [3.8, 4) is 0 Å². The molecular weight excluding hydrogens is 841 g/mol. The lowest BCUT2D eigenvalue weighted by atomic mass is 9.97. The van der Waals surface area contributed by atoms with Gasteiger partial charge in [-0.3, -0.25) is 9.59 Å². The van der Waals surface area contributed by atoms with Gasteiger partial charge in [-0.05, 0) is 31.5 Å². The Labute approximate surface area is 361 Å². The summed E-state index contributed by atoms with van der Waals surface area (Å²) in [6.07, 6.45) is 7.08. The summed E-state index contributed by atoms with van der Waals surface area (Å²) >= 11 is 0. The molecule has 1 fully saturated rings. The van der Waals surface area contributed by atoms with Gasteiger partial charge < -0.3 is 68.4 Å². The maximum Gasteiger partial charge on any atom is 0.314 e. The zero-order valence-corrected chi connectivity index (χ0v) is 37.0. The molecule has 1 aliphatic rings. The third-order valence-electron chi connectivity index (χ3n) is 7.22. The van der Waals surface area contributed by atoms with E-state index in [1.165, 1.54) is 5.82 Å². The van der Waals surface area contributed by atoms with E-state index in [1.807, 2.05) is 0 Å². The molecule has 17 nitrogen and oxygen atoms in total. The second-order valence-corrected chi connectivity index (χ2v) is 12.2. The van der Waals surface area contributed by atoms with Crippen molar-refractivity contribution in [2.45, 2.75) is 64.0 Å². The molecule has 3 amide bonds. The first-order valence-corrected chi connectivity index (χ1v) is 20.8. The summed E-state index contributed by atoms with van der Waals surface area (Å²) in [5.74, 6) is 0.683. The van der Waals surface area contributed by atoms with Crippen LogP contribution in [0.1, 0.15) is 51.9 Å². The summed E-state index contributed by atoms with van der Waals surface area (Å²) in [5.41, 5.74) is 0. The van der Waals surface area contributed by atoms with Gasteiger partial charge in [0.1, 0.15) is 25.3 Å². The Balaban J connectivity index is -0.00000303. The van der Waals surface area contributed by atoms with Crippen LogP contribution < -0.4 is 16.0 Å². The standard InChI is InChI=1S/C34H62FN3O13.C2H2F2.C2H4FP.CH4O/c1-30(39)38-31-6-5-13-50-32(31)7-3-2-4-12-42-18-20-44-16-10-36-34(41)37-11-17-45-21-23-47-25-27-49-29-28-48-26-24-46-22-19-43-14-8-33(40)51-15-9-35;2*3-1-2-4;1-2/h9,15,31-32H,2-8,10-14,16-29H2,1H3,(H,38,39)(H2,36,37,41);1-2H;1-2H,4H2;2H,1H3/b15-9-;2*2-1-;. The van der Waals surface area contributed by atoms with Crippen LogP contribution in [0.15, 0.2) is 37.4 Å². The molecule has 0 spiro atoms. The number of halogens is 4. The SMILES string of the molecule is CC(=O)NC1CCCOC1CCCCCOCCOCCNC(=O)NCCOCCOCCOCCOCCOCCOCCC(=O)O/C=C\F.CO.F/C=C\F.F/C=C\P. The van der Waals surface area contributed by atoms with E-state index in [0.717, 1.165) is 52.2 Å². The zero-order valence-electron chi connectivity index (χ0n) is 35.8. The number of carbonyl (C=O) groups excluding carboxylic acids is 3. The first-order chi connectivity index (χ1) is 29.9. The van der Waals surface area contributed by atoms with E-state index in [1.54, 1.807) is 6.92 Å². The molecule has 0 bridgehead atoms. The number of ether oxygens (including phenoxy) is 10. The van der Waals surface area contributed by atoms with Crippen LogP contribution in [0.4, 0.5) is 22.4 Å². The highest BCUT2D eigenvalue weighted by Gasteiger charge is 2.25. The highest BCUT2D eigenvalue weighted by atomic mass is 31.0. The molecule has 1 heterocycles. The van der Waals surface area contributed by atoms with Gasteiger partial charge >= 0.3 is 12.0 Å². The summed E-state index contributed by atoms with van der Waals surface area (Å²) in [6.45, 7) is 9.81. The number of hydrogen-bond donors (Lipinski definition) is 4. The van der Waals surface area contributed by atoms with Crippen molar-refractivity contribution >= 4 is 27.1 Å². The van der Waals surface area contributed by atoms with Crippen molar-refractivity contribution in [3.05, 3.63) is 37.4 Å². The number of nitrogens with one attached hydrogen (secondary N) is 3. The van der Waals surface area contributed by atoms with Gasteiger partial charge in [-0.2, -0.15) is 0 Å². The minimum atomic E-state index is -0.567. The number of urea groups is 1. The molecule has 4 N–H and O–H groups in total. The van der Waals surface area contributed by atoms with Crippen LogP contribution in [0.25, 0.3) is 0 Å². The van der Waals surface area contributed by atoms with Crippen LogP contribution in [-0.2, 0) is 57.0 Å². The average Bonchev–Trinajstić information content (AvgIpc) is 3.27. The number of aliphatic hydroxyl groups is 1. The maximum absolute atomic E-state index is 11.8. The predicted octanol–water partition coefficient (Wildman–Crippen LogP) is 4.34. The molecular formula is C39H72F4N3O14P. The Morgan fingerprint density at radius 1 is 0.639 bits per heavy atom. The number of rotatable bonds is 35.